The van der Waals surface area contributed by atoms with E-state index in [1.807, 2.05) is 26.0 Å². The van der Waals surface area contributed by atoms with Gasteiger partial charge in [-0.05, 0) is 38.1 Å². The zero-order valence-electron chi connectivity index (χ0n) is 15.6. The van der Waals surface area contributed by atoms with Gasteiger partial charge >= 0.3 is 0 Å². The summed E-state index contributed by atoms with van der Waals surface area (Å²) >= 11 is 0. The quantitative estimate of drug-likeness (QED) is 0.701. The van der Waals surface area contributed by atoms with Gasteiger partial charge in [0.1, 0.15) is 35.1 Å². The van der Waals surface area contributed by atoms with Crippen LogP contribution in [0.3, 0.4) is 0 Å². The van der Waals surface area contributed by atoms with Crippen molar-refractivity contribution in [3.63, 3.8) is 0 Å². The number of halogens is 1. The summed E-state index contributed by atoms with van der Waals surface area (Å²) in [5, 5.41) is 4.08. The Bertz CT molecular complexity index is 1040. The highest BCUT2D eigenvalue weighted by Crippen LogP contribution is 2.33. The first kappa shape index (κ1) is 18.1. The van der Waals surface area contributed by atoms with Gasteiger partial charge in [-0.15, -0.1) is 0 Å². The van der Waals surface area contributed by atoms with Crippen LogP contribution in [0.5, 0.6) is 5.75 Å². The smallest absolute Gasteiger partial charge is 0.174 e. The van der Waals surface area contributed by atoms with Crippen LogP contribution in [0.2, 0.25) is 0 Å². The summed E-state index contributed by atoms with van der Waals surface area (Å²) in [5.41, 5.74) is 4.86. The molecule has 1 unspecified atom stereocenters. The third kappa shape index (κ3) is 3.44. The number of ether oxygens (including phenoxy) is 1. The Morgan fingerprint density at radius 3 is 2.79 bits per heavy atom. The molecule has 28 heavy (non-hydrogen) atoms. The van der Waals surface area contributed by atoms with Gasteiger partial charge in [-0.1, -0.05) is 0 Å². The first-order chi connectivity index (χ1) is 13.5. The van der Waals surface area contributed by atoms with Crippen LogP contribution in [0, 0.1) is 5.82 Å². The summed E-state index contributed by atoms with van der Waals surface area (Å²) in [5.74, 6) is 1.48. The summed E-state index contributed by atoms with van der Waals surface area (Å²) in [7, 11) is 1.57. The van der Waals surface area contributed by atoms with E-state index in [0.717, 1.165) is 10.9 Å². The number of rotatable bonds is 5. The van der Waals surface area contributed by atoms with Crippen molar-refractivity contribution in [1.82, 2.24) is 20.4 Å². The molecule has 0 spiro atoms. The van der Waals surface area contributed by atoms with Crippen LogP contribution in [-0.2, 0) is 4.84 Å². The number of pyridine rings is 1. The number of anilines is 1. The summed E-state index contributed by atoms with van der Waals surface area (Å²) in [6.07, 6.45) is 2.41. The van der Waals surface area contributed by atoms with Crippen molar-refractivity contribution >= 4 is 22.6 Å². The van der Waals surface area contributed by atoms with Crippen LogP contribution in [0.25, 0.3) is 22.2 Å². The summed E-state index contributed by atoms with van der Waals surface area (Å²) < 4.78 is 18.8. The molecule has 0 fully saturated rings. The van der Waals surface area contributed by atoms with E-state index in [9.17, 15) is 4.39 Å². The zero-order chi connectivity index (χ0) is 19.7. The van der Waals surface area contributed by atoms with Crippen molar-refractivity contribution in [3.8, 4) is 17.0 Å². The molecule has 1 aromatic carbocycles. The molecule has 1 aliphatic rings. The molecule has 0 aliphatic carbocycles. The van der Waals surface area contributed by atoms with E-state index in [1.54, 1.807) is 13.2 Å². The minimum absolute atomic E-state index is 0.165. The highest BCUT2D eigenvalue weighted by atomic mass is 19.1. The van der Waals surface area contributed by atoms with E-state index in [0.29, 0.717) is 28.6 Å². The Morgan fingerprint density at radius 1 is 1.25 bits per heavy atom. The van der Waals surface area contributed by atoms with Gasteiger partial charge in [0.25, 0.3) is 0 Å². The van der Waals surface area contributed by atoms with Gasteiger partial charge in [0.2, 0.25) is 0 Å². The van der Waals surface area contributed by atoms with Crippen molar-refractivity contribution in [2.75, 3.05) is 12.4 Å². The molecule has 0 saturated heterocycles. The van der Waals surface area contributed by atoms with Crippen LogP contribution in [-0.4, -0.2) is 40.2 Å². The van der Waals surface area contributed by atoms with Gasteiger partial charge in [-0.25, -0.2) is 29.7 Å². The minimum Gasteiger partial charge on any atom is -0.494 e. The van der Waals surface area contributed by atoms with Gasteiger partial charge in [-0.3, -0.25) is 4.98 Å². The average Bonchev–Trinajstić information content (AvgIpc) is 3.14. The number of fused-ring (bicyclic) bond motifs is 1. The summed E-state index contributed by atoms with van der Waals surface area (Å²) in [4.78, 5) is 22.5. The highest BCUT2D eigenvalue weighted by Gasteiger charge is 2.20. The SMILES string of the molecule is COc1cc(-c2ccc(F)cn2)cc2c(N[C@@H](C)C3=NC(C)ON3)ncnc12. The molecule has 9 heteroatoms. The molecule has 4 rings (SSSR count). The topological polar surface area (TPSA) is 93.5 Å². The molecule has 144 valence electrons. The number of hydrogen-bond donors (Lipinski definition) is 2. The molecular formula is C19H19FN6O2. The Kier molecular flexibility index (Phi) is 4.74. The molecule has 2 N–H and O–H groups in total. The van der Waals surface area contributed by atoms with E-state index in [-0.39, 0.29) is 12.3 Å². The first-order valence-electron chi connectivity index (χ1n) is 8.75. The van der Waals surface area contributed by atoms with Gasteiger partial charge < -0.3 is 10.1 Å². The Hall–Kier alpha value is -3.33. The monoisotopic (exact) mass is 382 g/mol. The fourth-order valence-electron chi connectivity index (χ4n) is 2.97. The van der Waals surface area contributed by atoms with Crippen molar-refractivity contribution in [1.29, 1.82) is 0 Å². The molecule has 0 saturated carbocycles. The lowest BCUT2D eigenvalue weighted by Gasteiger charge is -2.16. The number of amidine groups is 1. The lowest BCUT2D eigenvalue weighted by atomic mass is 10.1. The van der Waals surface area contributed by atoms with Crippen molar-refractivity contribution in [2.24, 2.45) is 4.99 Å². The molecule has 0 bridgehead atoms. The van der Waals surface area contributed by atoms with Crippen molar-refractivity contribution in [3.05, 3.63) is 42.6 Å². The van der Waals surface area contributed by atoms with Crippen LogP contribution in [0.4, 0.5) is 10.2 Å². The van der Waals surface area contributed by atoms with Crippen LogP contribution >= 0.6 is 0 Å². The lowest BCUT2D eigenvalue weighted by molar-refractivity contribution is 0.0496. The maximum absolute atomic E-state index is 13.2. The Balaban J connectivity index is 1.77. The number of aromatic nitrogens is 3. The molecule has 3 heterocycles. The largest absolute Gasteiger partial charge is 0.494 e. The maximum Gasteiger partial charge on any atom is 0.174 e. The van der Waals surface area contributed by atoms with Crippen molar-refractivity contribution < 1.29 is 14.0 Å². The predicted octanol–water partition coefficient (Wildman–Crippen LogP) is 2.92. The molecule has 2 atom stereocenters. The maximum atomic E-state index is 13.2. The Morgan fingerprint density at radius 2 is 2.11 bits per heavy atom. The number of benzene rings is 1. The summed E-state index contributed by atoms with van der Waals surface area (Å²) in [6.45, 7) is 3.80. The van der Waals surface area contributed by atoms with Crippen LogP contribution in [0.1, 0.15) is 13.8 Å². The molecule has 0 amide bonds. The fourth-order valence-corrected chi connectivity index (χ4v) is 2.97. The molecule has 2 aromatic heterocycles. The van der Waals surface area contributed by atoms with Crippen LogP contribution < -0.4 is 15.5 Å². The summed E-state index contributed by atoms with van der Waals surface area (Å²) in [6, 6.07) is 6.54. The molecule has 8 nitrogen and oxygen atoms in total. The average molecular weight is 382 g/mol. The number of nitrogens with zero attached hydrogens (tertiary/aromatic N) is 4. The number of hydroxylamine groups is 1. The van der Waals surface area contributed by atoms with E-state index < -0.39 is 5.82 Å². The first-order valence-corrected chi connectivity index (χ1v) is 8.75. The standard InChI is InChI=1S/C19H19FN6O2/c1-10(18-25-11(2)28-26-18)24-19-14-6-12(15-5-4-13(20)8-21-15)7-16(27-3)17(14)22-9-23-19/h4-11H,1-3H3,(H,25,26)(H,22,23,24)/t10-,11?/m0/s1. The lowest BCUT2D eigenvalue weighted by Crippen LogP contribution is -2.34. The highest BCUT2D eigenvalue weighted by molar-refractivity contribution is 5.98. The second-order valence-corrected chi connectivity index (χ2v) is 6.36. The number of hydrogen-bond acceptors (Lipinski definition) is 8. The fraction of sp³-hybridized carbons (Fsp3) is 0.263. The normalized spacial score (nSPS) is 17.1. The van der Waals surface area contributed by atoms with Crippen molar-refractivity contribution in [2.45, 2.75) is 26.1 Å². The van der Waals surface area contributed by atoms with E-state index in [2.05, 4.69) is 30.7 Å². The Labute approximate surface area is 160 Å². The predicted molar refractivity (Wildman–Crippen MR) is 103 cm³/mol. The number of methoxy groups -OCH3 is 1. The third-order valence-electron chi connectivity index (χ3n) is 4.37. The number of aliphatic imine (C=N–C) groups is 1. The third-order valence-corrected chi connectivity index (χ3v) is 4.37. The van der Waals surface area contributed by atoms with Gasteiger partial charge in [0.05, 0.1) is 25.0 Å². The molecule has 3 aromatic rings. The van der Waals surface area contributed by atoms with Crippen LogP contribution in [0.15, 0.2) is 41.8 Å². The van der Waals surface area contributed by atoms with E-state index in [1.165, 1.54) is 18.6 Å². The second-order valence-electron chi connectivity index (χ2n) is 6.36. The molecule has 1 aliphatic heterocycles. The van der Waals surface area contributed by atoms with E-state index in [4.69, 9.17) is 9.57 Å². The van der Waals surface area contributed by atoms with Gasteiger partial charge in [-0.2, -0.15) is 0 Å². The second kappa shape index (κ2) is 7.35. The molecule has 0 radical (unpaired) electrons. The zero-order valence-corrected chi connectivity index (χ0v) is 15.6. The number of nitrogens with one attached hydrogen (secondary N) is 2. The molecular weight excluding hydrogens is 363 g/mol. The van der Waals surface area contributed by atoms with E-state index >= 15 is 0 Å². The van der Waals surface area contributed by atoms with Gasteiger partial charge in [0, 0.05) is 10.9 Å². The van der Waals surface area contributed by atoms with Gasteiger partial charge in [0.15, 0.2) is 6.23 Å². The minimum atomic E-state index is -0.391.